The van der Waals surface area contributed by atoms with Gasteiger partial charge < -0.3 is 4.90 Å². The summed E-state index contributed by atoms with van der Waals surface area (Å²) in [6.07, 6.45) is 11.7. The highest BCUT2D eigenvalue weighted by molar-refractivity contribution is 5.77. The number of likely N-dealkylation sites (tertiary alicyclic amines) is 1. The molecule has 1 saturated heterocycles. The molecule has 0 N–H and O–H groups in total. The standard InChI is InChI=1S/C26H34N6O/c1-4-8-24-28-18-22(21-11-13-27-14-12-21)26(29-24)23-9-5-6-15-31(23)25(33)10-7-16-32-20(3)17-19(2)30-32/h11-14,17-18,23H,4-10,15-16H2,1-3H3/t23-/m0/s1. The predicted octanol–water partition coefficient (Wildman–Crippen LogP) is 4.84. The van der Waals surface area contributed by atoms with Gasteiger partial charge in [-0.1, -0.05) is 6.92 Å². The highest BCUT2D eigenvalue weighted by Gasteiger charge is 2.31. The number of carbonyl (C=O) groups excluding carboxylic acids is 1. The van der Waals surface area contributed by atoms with Gasteiger partial charge in [0.1, 0.15) is 5.82 Å². The lowest BCUT2D eigenvalue weighted by Gasteiger charge is -2.36. The van der Waals surface area contributed by atoms with E-state index in [1.165, 1.54) is 0 Å². The predicted molar refractivity (Wildman–Crippen MR) is 128 cm³/mol. The van der Waals surface area contributed by atoms with E-state index in [9.17, 15) is 4.79 Å². The maximum atomic E-state index is 13.4. The Labute approximate surface area is 196 Å². The lowest BCUT2D eigenvalue weighted by Crippen LogP contribution is -2.39. The quantitative estimate of drug-likeness (QED) is 0.495. The third-order valence-corrected chi connectivity index (χ3v) is 6.34. The van der Waals surface area contributed by atoms with E-state index >= 15 is 0 Å². The Morgan fingerprint density at radius 1 is 1.18 bits per heavy atom. The smallest absolute Gasteiger partial charge is 0.223 e. The van der Waals surface area contributed by atoms with Crippen LogP contribution in [0.15, 0.2) is 36.8 Å². The van der Waals surface area contributed by atoms with Crippen molar-refractivity contribution in [2.75, 3.05) is 6.54 Å². The third-order valence-electron chi connectivity index (χ3n) is 6.34. The number of carbonyl (C=O) groups is 1. The van der Waals surface area contributed by atoms with Crippen LogP contribution >= 0.6 is 0 Å². The molecule has 0 aliphatic carbocycles. The molecule has 4 rings (SSSR count). The van der Waals surface area contributed by atoms with Gasteiger partial charge in [0.2, 0.25) is 5.91 Å². The lowest BCUT2D eigenvalue weighted by atomic mass is 9.93. The Morgan fingerprint density at radius 3 is 2.73 bits per heavy atom. The van der Waals surface area contributed by atoms with Gasteiger partial charge in [-0.25, -0.2) is 9.97 Å². The molecule has 0 saturated carbocycles. The van der Waals surface area contributed by atoms with Gasteiger partial charge in [0.05, 0.1) is 17.4 Å². The molecule has 7 heteroatoms. The summed E-state index contributed by atoms with van der Waals surface area (Å²) in [5.74, 6) is 1.06. The van der Waals surface area contributed by atoms with Crippen LogP contribution < -0.4 is 0 Å². The molecule has 0 bridgehead atoms. The third kappa shape index (κ3) is 5.46. The van der Waals surface area contributed by atoms with Gasteiger partial charge >= 0.3 is 0 Å². The van der Waals surface area contributed by atoms with Crippen molar-refractivity contribution >= 4 is 5.91 Å². The summed E-state index contributed by atoms with van der Waals surface area (Å²) in [5, 5.41) is 4.52. The van der Waals surface area contributed by atoms with Gasteiger partial charge in [-0.05, 0) is 69.7 Å². The van der Waals surface area contributed by atoms with Crippen LogP contribution in [0, 0.1) is 13.8 Å². The first kappa shape index (κ1) is 23.1. The Hall–Kier alpha value is -3.09. The molecule has 1 aliphatic rings. The molecule has 0 radical (unpaired) electrons. The maximum absolute atomic E-state index is 13.4. The molecule has 1 fully saturated rings. The van der Waals surface area contributed by atoms with Gasteiger partial charge in [-0.2, -0.15) is 5.10 Å². The fourth-order valence-corrected chi connectivity index (χ4v) is 4.72. The van der Waals surface area contributed by atoms with Crippen LogP contribution in [0.2, 0.25) is 0 Å². The van der Waals surface area contributed by atoms with E-state index < -0.39 is 0 Å². The number of pyridine rings is 1. The minimum atomic E-state index is -0.0123. The number of hydrogen-bond acceptors (Lipinski definition) is 5. The van der Waals surface area contributed by atoms with E-state index in [1.807, 2.05) is 29.9 Å². The van der Waals surface area contributed by atoms with Gasteiger partial charge in [0.25, 0.3) is 0 Å². The first-order valence-corrected chi connectivity index (χ1v) is 12.1. The normalized spacial score (nSPS) is 16.2. The fraction of sp³-hybridized carbons (Fsp3) is 0.500. The number of aryl methyl sites for hydroxylation is 4. The van der Waals surface area contributed by atoms with Crippen LogP contribution in [0.25, 0.3) is 11.1 Å². The SMILES string of the molecule is CCCc1ncc(-c2ccncc2)c([C@@H]2CCCCN2C(=O)CCCn2nc(C)cc2C)n1. The summed E-state index contributed by atoms with van der Waals surface area (Å²) in [4.78, 5) is 29.2. The average molecular weight is 447 g/mol. The van der Waals surface area contributed by atoms with Crippen molar-refractivity contribution in [3.8, 4) is 11.1 Å². The van der Waals surface area contributed by atoms with Crippen molar-refractivity contribution < 1.29 is 4.79 Å². The summed E-state index contributed by atoms with van der Waals surface area (Å²) < 4.78 is 2.00. The second kappa shape index (κ2) is 10.7. The summed E-state index contributed by atoms with van der Waals surface area (Å²) in [6, 6.07) is 6.05. The van der Waals surface area contributed by atoms with Gasteiger partial charge in [0, 0.05) is 55.8 Å². The van der Waals surface area contributed by atoms with Crippen molar-refractivity contribution in [1.29, 1.82) is 0 Å². The second-order valence-electron chi connectivity index (χ2n) is 8.92. The number of amides is 1. The molecule has 0 aromatic carbocycles. The minimum absolute atomic E-state index is 0.0123. The molecule has 1 aliphatic heterocycles. The molecule has 174 valence electrons. The molecular weight excluding hydrogens is 412 g/mol. The van der Waals surface area contributed by atoms with E-state index in [0.29, 0.717) is 6.42 Å². The number of hydrogen-bond donors (Lipinski definition) is 0. The zero-order valence-corrected chi connectivity index (χ0v) is 20.0. The Balaban J connectivity index is 1.56. The molecule has 3 aromatic rings. The van der Waals surface area contributed by atoms with Gasteiger partial charge in [0.15, 0.2) is 0 Å². The molecule has 33 heavy (non-hydrogen) atoms. The maximum Gasteiger partial charge on any atom is 0.223 e. The van der Waals surface area contributed by atoms with E-state index in [1.54, 1.807) is 12.4 Å². The molecule has 3 aromatic heterocycles. The second-order valence-corrected chi connectivity index (χ2v) is 8.92. The molecule has 0 spiro atoms. The van der Waals surface area contributed by atoms with Crippen molar-refractivity contribution in [2.45, 2.75) is 78.3 Å². The first-order chi connectivity index (χ1) is 16.1. The summed E-state index contributed by atoms with van der Waals surface area (Å²) in [5.41, 5.74) is 5.19. The summed E-state index contributed by atoms with van der Waals surface area (Å²) in [6.45, 7) is 7.75. The molecule has 1 amide bonds. The van der Waals surface area contributed by atoms with Gasteiger partial charge in [-0.3, -0.25) is 14.5 Å². The van der Waals surface area contributed by atoms with Crippen molar-refractivity contribution in [3.63, 3.8) is 0 Å². The summed E-state index contributed by atoms with van der Waals surface area (Å²) >= 11 is 0. The van der Waals surface area contributed by atoms with Crippen LogP contribution in [-0.4, -0.2) is 42.1 Å². The van der Waals surface area contributed by atoms with E-state index in [4.69, 9.17) is 4.98 Å². The molecule has 4 heterocycles. The van der Waals surface area contributed by atoms with E-state index in [2.05, 4.69) is 39.9 Å². The van der Waals surface area contributed by atoms with E-state index in [-0.39, 0.29) is 11.9 Å². The van der Waals surface area contributed by atoms with Crippen LogP contribution in [0.4, 0.5) is 0 Å². The molecule has 0 unspecified atom stereocenters. The molecule has 7 nitrogen and oxygen atoms in total. The Kier molecular flexibility index (Phi) is 7.47. The van der Waals surface area contributed by atoms with Gasteiger partial charge in [-0.15, -0.1) is 0 Å². The number of rotatable bonds is 8. The Bertz CT molecular complexity index is 1080. The molecule has 1 atom stereocenters. The van der Waals surface area contributed by atoms with Crippen LogP contribution in [-0.2, 0) is 17.8 Å². The zero-order chi connectivity index (χ0) is 23.2. The van der Waals surface area contributed by atoms with Crippen LogP contribution in [0.5, 0.6) is 0 Å². The van der Waals surface area contributed by atoms with Crippen LogP contribution in [0.3, 0.4) is 0 Å². The van der Waals surface area contributed by atoms with Crippen LogP contribution in [0.1, 0.15) is 74.4 Å². The number of nitrogens with zero attached hydrogens (tertiary/aromatic N) is 6. The first-order valence-electron chi connectivity index (χ1n) is 12.1. The average Bonchev–Trinajstić information content (AvgIpc) is 3.16. The Morgan fingerprint density at radius 2 is 2.00 bits per heavy atom. The fourth-order valence-electron chi connectivity index (χ4n) is 4.72. The van der Waals surface area contributed by atoms with Crippen molar-refractivity contribution in [1.82, 2.24) is 29.6 Å². The lowest BCUT2D eigenvalue weighted by molar-refractivity contribution is -0.135. The number of aromatic nitrogens is 5. The van der Waals surface area contributed by atoms with Crippen molar-refractivity contribution in [2.24, 2.45) is 0 Å². The van der Waals surface area contributed by atoms with E-state index in [0.717, 1.165) is 85.6 Å². The minimum Gasteiger partial charge on any atom is -0.334 e. The van der Waals surface area contributed by atoms with Crippen molar-refractivity contribution in [3.05, 3.63) is 59.7 Å². The topological polar surface area (TPSA) is 76.8 Å². The largest absolute Gasteiger partial charge is 0.334 e. The molecular formula is C26H34N6O. The number of piperidine rings is 1. The summed E-state index contributed by atoms with van der Waals surface area (Å²) in [7, 11) is 0. The highest BCUT2D eigenvalue weighted by atomic mass is 16.2. The monoisotopic (exact) mass is 446 g/mol. The highest BCUT2D eigenvalue weighted by Crippen LogP contribution is 2.36. The zero-order valence-electron chi connectivity index (χ0n) is 20.0.